The molecule has 0 unspecified atom stereocenters. The van der Waals surface area contributed by atoms with Gasteiger partial charge in [-0.05, 0) is 31.2 Å². The normalized spacial score (nSPS) is 13.2. The highest BCUT2D eigenvalue weighted by atomic mass is 35.5. The molecule has 1 N–H and O–H groups in total. The summed E-state index contributed by atoms with van der Waals surface area (Å²) >= 11 is 5.71. The lowest BCUT2D eigenvalue weighted by atomic mass is 10.2. The van der Waals surface area contributed by atoms with Gasteiger partial charge in [0.2, 0.25) is 6.79 Å². The van der Waals surface area contributed by atoms with Gasteiger partial charge in [0, 0.05) is 11.8 Å². The number of ether oxygens (including phenoxy) is 3. The Morgan fingerprint density at radius 2 is 1.85 bits per heavy atom. The lowest BCUT2D eigenvalue weighted by Crippen LogP contribution is -2.30. The summed E-state index contributed by atoms with van der Waals surface area (Å²) in [5, 5.41) is 2.22. The third kappa shape index (κ3) is 3.70. The van der Waals surface area contributed by atoms with E-state index in [0.29, 0.717) is 29.3 Å². The number of hydrogen-bond acceptors (Lipinski definition) is 5. The fourth-order valence-electron chi connectivity index (χ4n) is 2.17. The van der Waals surface area contributed by atoms with Crippen LogP contribution in [0.5, 0.6) is 11.5 Å². The van der Waals surface area contributed by atoms with Crippen LogP contribution in [-0.2, 0) is 9.53 Å². The molecule has 0 spiro atoms. The van der Waals surface area contributed by atoms with Gasteiger partial charge in [-0.25, -0.2) is 13.6 Å². The van der Waals surface area contributed by atoms with Crippen LogP contribution in [0.1, 0.15) is 17.3 Å². The largest absolute Gasteiger partial charge is 0.454 e. The van der Waals surface area contributed by atoms with Crippen LogP contribution < -0.4 is 14.8 Å². The zero-order valence-corrected chi connectivity index (χ0v) is 14.1. The molecule has 0 fully saturated rings. The van der Waals surface area contributed by atoms with Crippen LogP contribution in [0.2, 0.25) is 5.02 Å². The van der Waals surface area contributed by atoms with E-state index in [2.05, 4.69) is 5.32 Å². The summed E-state index contributed by atoms with van der Waals surface area (Å²) in [6.45, 7) is 1.42. The molecule has 2 aromatic carbocycles. The second-order valence-corrected chi connectivity index (χ2v) is 5.76. The SMILES string of the molecule is C[C@@H](OC(=O)c1cc(F)c(F)cc1Cl)C(=O)Nc1ccc2c(c1)OCO2. The summed E-state index contributed by atoms with van der Waals surface area (Å²) in [5.41, 5.74) is 0.0290. The first-order valence-electron chi connectivity index (χ1n) is 7.41. The Morgan fingerprint density at radius 1 is 1.15 bits per heavy atom. The molecular weight excluding hydrogens is 372 g/mol. The Labute approximate surface area is 151 Å². The molecule has 1 aliphatic heterocycles. The Kier molecular flexibility index (Phi) is 4.94. The summed E-state index contributed by atoms with van der Waals surface area (Å²) in [5.74, 6) is -3.10. The standard InChI is InChI=1S/C17H12ClF2NO5/c1-8(26-17(23)10-5-12(19)13(20)6-11(10)18)16(22)21-9-2-3-14-15(4-9)25-7-24-14/h2-6,8H,7H2,1H3,(H,21,22)/t8-/m1/s1. The van der Waals surface area contributed by atoms with Crippen molar-refractivity contribution in [3.05, 3.63) is 52.6 Å². The first-order chi connectivity index (χ1) is 12.3. The number of anilines is 1. The minimum atomic E-state index is -1.25. The predicted molar refractivity (Wildman–Crippen MR) is 87.4 cm³/mol. The van der Waals surface area contributed by atoms with Gasteiger partial charge in [0.15, 0.2) is 29.2 Å². The van der Waals surface area contributed by atoms with Crippen molar-refractivity contribution in [2.45, 2.75) is 13.0 Å². The molecule has 1 amide bonds. The van der Waals surface area contributed by atoms with Crippen LogP contribution in [0, 0.1) is 11.6 Å². The Hall–Kier alpha value is -2.87. The first kappa shape index (κ1) is 17.9. The molecule has 0 bridgehead atoms. The minimum Gasteiger partial charge on any atom is -0.454 e. The van der Waals surface area contributed by atoms with Crippen LogP contribution in [0.15, 0.2) is 30.3 Å². The number of nitrogens with one attached hydrogen (secondary N) is 1. The van der Waals surface area contributed by atoms with Crippen molar-refractivity contribution >= 4 is 29.2 Å². The number of amides is 1. The van der Waals surface area contributed by atoms with Crippen molar-refractivity contribution < 1.29 is 32.6 Å². The van der Waals surface area contributed by atoms with Gasteiger partial charge in [-0.15, -0.1) is 0 Å². The van der Waals surface area contributed by atoms with E-state index in [0.717, 1.165) is 0 Å². The van der Waals surface area contributed by atoms with Gasteiger partial charge >= 0.3 is 5.97 Å². The van der Waals surface area contributed by atoms with Crippen molar-refractivity contribution in [2.75, 3.05) is 12.1 Å². The van der Waals surface area contributed by atoms with Gasteiger partial charge in [0.1, 0.15) is 0 Å². The molecule has 0 radical (unpaired) electrons. The zero-order chi connectivity index (χ0) is 18.8. The summed E-state index contributed by atoms with van der Waals surface area (Å²) in [7, 11) is 0. The third-order valence-corrected chi connectivity index (χ3v) is 3.84. The quantitative estimate of drug-likeness (QED) is 0.646. The number of fused-ring (bicyclic) bond motifs is 1. The van der Waals surface area contributed by atoms with Gasteiger partial charge in [-0.2, -0.15) is 0 Å². The van der Waals surface area contributed by atoms with Crippen molar-refractivity contribution in [2.24, 2.45) is 0 Å². The minimum absolute atomic E-state index is 0.0930. The molecule has 9 heteroatoms. The van der Waals surface area contributed by atoms with E-state index in [9.17, 15) is 18.4 Å². The molecule has 0 aromatic heterocycles. The molecule has 3 rings (SSSR count). The average molecular weight is 384 g/mol. The molecule has 0 saturated carbocycles. The van der Waals surface area contributed by atoms with Gasteiger partial charge < -0.3 is 19.5 Å². The van der Waals surface area contributed by atoms with E-state index < -0.39 is 29.6 Å². The molecular formula is C17H12ClF2NO5. The van der Waals surface area contributed by atoms with E-state index in [1.165, 1.54) is 6.92 Å². The second-order valence-electron chi connectivity index (χ2n) is 5.35. The van der Waals surface area contributed by atoms with E-state index in [1.54, 1.807) is 18.2 Å². The molecule has 1 aliphatic rings. The first-order valence-corrected chi connectivity index (χ1v) is 7.79. The van der Waals surface area contributed by atoms with E-state index in [1.807, 2.05) is 0 Å². The number of benzene rings is 2. The molecule has 1 heterocycles. The number of halogens is 3. The highest BCUT2D eigenvalue weighted by Crippen LogP contribution is 2.34. The van der Waals surface area contributed by atoms with Crippen LogP contribution in [0.3, 0.4) is 0 Å². The maximum absolute atomic E-state index is 13.3. The van der Waals surface area contributed by atoms with E-state index in [4.69, 9.17) is 25.8 Å². The summed E-state index contributed by atoms with van der Waals surface area (Å²) in [6, 6.07) is 6.04. The lowest BCUT2D eigenvalue weighted by molar-refractivity contribution is -0.123. The van der Waals surface area contributed by atoms with Crippen molar-refractivity contribution in [1.29, 1.82) is 0 Å². The van der Waals surface area contributed by atoms with Gasteiger partial charge in [0.05, 0.1) is 10.6 Å². The van der Waals surface area contributed by atoms with Crippen molar-refractivity contribution in [1.82, 2.24) is 0 Å². The Balaban J connectivity index is 1.65. The number of esters is 1. The van der Waals surface area contributed by atoms with Gasteiger partial charge in [-0.1, -0.05) is 11.6 Å². The fraction of sp³-hybridized carbons (Fsp3) is 0.176. The number of carbonyl (C=O) groups excluding carboxylic acids is 2. The predicted octanol–water partition coefficient (Wildman–Crippen LogP) is 3.53. The third-order valence-electron chi connectivity index (χ3n) is 3.52. The van der Waals surface area contributed by atoms with Gasteiger partial charge in [-0.3, -0.25) is 4.79 Å². The smallest absolute Gasteiger partial charge is 0.340 e. The number of rotatable bonds is 4. The summed E-state index contributed by atoms with van der Waals surface area (Å²) in [4.78, 5) is 24.2. The topological polar surface area (TPSA) is 73.9 Å². The Morgan fingerprint density at radius 3 is 2.62 bits per heavy atom. The Bertz CT molecular complexity index is 890. The molecule has 1 atom stereocenters. The number of hydrogen-bond donors (Lipinski definition) is 1. The highest BCUT2D eigenvalue weighted by Gasteiger charge is 2.23. The van der Waals surface area contributed by atoms with Crippen LogP contribution in [0.25, 0.3) is 0 Å². The van der Waals surface area contributed by atoms with Crippen molar-refractivity contribution in [3.8, 4) is 11.5 Å². The molecule has 0 saturated heterocycles. The number of carbonyl (C=O) groups is 2. The average Bonchev–Trinajstić information content (AvgIpc) is 3.05. The van der Waals surface area contributed by atoms with E-state index in [-0.39, 0.29) is 17.4 Å². The maximum Gasteiger partial charge on any atom is 0.340 e. The van der Waals surface area contributed by atoms with Crippen LogP contribution in [-0.4, -0.2) is 24.8 Å². The summed E-state index contributed by atoms with van der Waals surface area (Å²) in [6.07, 6.45) is -1.21. The van der Waals surface area contributed by atoms with Crippen molar-refractivity contribution in [3.63, 3.8) is 0 Å². The molecule has 0 aliphatic carbocycles. The van der Waals surface area contributed by atoms with Crippen LogP contribution >= 0.6 is 11.6 Å². The van der Waals surface area contributed by atoms with E-state index >= 15 is 0 Å². The fourth-order valence-corrected chi connectivity index (χ4v) is 2.40. The molecule has 2 aromatic rings. The monoisotopic (exact) mass is 383 g/mol. The molecule has 136 valence electrons. The molecule has 26 heavy (non-hydrogen) atoms. The second kappa shape index (κ2) is 7.17. The molecule has 6 nitrogen and oxygen atoms in total. The zero-order valence-electron chi connectivity index (χ0n) is 13.3. The van der Waals surface area contributed by atoms with Gasteiger partial charge in [0.25, 0.3) is 5.91 Å². The maximum atomic E-state index is 13.3. The highest BCUT2D eigenvalue weighted by molar-refractivity contribution is 6.33. The van der Waals surface area contributed by atoms with Crippen LogP contribution in [0.4, 0.5) is 14.5 Å². The summed E-state index contributed by atoms with van der Waals surface area (Å²) < 4.78 is 41.6. The lowest BCUT2D eigenvalue weighted by Gasteiger charge is -2.14.